The van der Waals surface area contributed by atoms with Crippen LogP contribution in [0.15, 0.2) is 59.7 Å². The quantitative estimate of drug-likeness (QED) is 0.402. The first-order valence-electron chi connectivity index (χ1n) is 10.6. The Balaban J connectivity index is 1.25. The van der Waals surface area contributed by atoms with Crippen molar-refractivity contribution >= 4 is 11.8 Å². The van der Waals surface area contributed by atoms with E-state index in [0.717, 1.165) is 77.0 Å². The molecule has 6 nitrogen and oxygen atoms in total. The molecule has 0 radical (unpaired) electrons. The summed E-state index contributed by atoms with van der Waals surface area (Å²) in [6.45, 7) is 6.38. The molecule has 0 amide bonds. The van der Waals surface area contributed by atoms with Crippen LogP contribution in [-0.2, 0) is 11.2 Å². The molecule has 0 atom stereocenters. The molecule has 156 valence electrons. The summed E-state index contributed by atoms with van der Waals surface area (Å²) in [5.41, 5.74) is 1.33. The molecule has 1 aromatic heterocycles. The highest BCUT2D eigenvalue weighted by molar-refractivity contribution is 5.80. The fourth-order valence-electron chi connectivity index (χ4n) is 3.49. The summed E-state index contributed by atoms with van der Waals surface area (Å²) in [6, 6.07) is 16.6. The van der Waals surface area contributed by atoms with E-state index < -0.39 is 0 Å². The number of ether oxygens (including phenoxy) is 1. The number of nitrogens with one attached hydrogen (secondary N) is 1. The van der Waals surface area contributed by atoms with Gasteiger partial charge in [0.25, 0.3) is 0 Å². The molecular formula is C23H33N5O. The van der Waals surface area contributed by atoms with Gasteiger partial charge in [0.15, 0.2) is 5.96 Å². The second kappa shape index (κ2) is 12.1. The van der Waals surface area contributed by atoms with Gasteiger partial charge in [-0.3, -0.25) is 4.99 Å². The van der Waals surface area contributed by atoms with Crippen molar-refractivity contribution in [3.8, 4) is 0 Å². The van der Waals surface area contributed by atoms with Gasteiger partial charge in [-0.05, 0) is 37.0 Å². The Kier molecular flexibility index (Phi) is 8.79. The normalized spacial score (nSPS) is 14.9. The van der Waals surface area contributed by atoms with Crippen LogP contribution in [0.25, 0.3) is 0 Å². The van der Waals surface area contributed by atoms with E-state index in [9.17, 15) is 0 Å². The zero-order valence-corrected chi connectivity index (χ0v) is 17.5. The first kappa shape index (κ1) is 21.1. The molecule has 6 heteroatoms. The SMILES string of the molecule is CN=C(NCCCCOCCc1ccccc1)N1CCN(c2ccccn2)CC1. The topological polar surface area (TPSA) is 53.0 Å². The average molecular weight is 396 g/mol. The number of nitrogens with zero attached hydrogens (tertiary/aromatic N) is 4. The van der Waals surface area contributed by atoms with Crippen molar-refractivity contribution in [1.82, 2.24) is 15.2 Å². The monoisotopic (exact) mass is 395 g/mol. The van der Waals surface area contributed by atoms with Gasteiger partial charge in [-0.2, -0.15) is 0 Å². The molecule has 1 aliphatic rings. The smallest absolute Gasteiger partial charge is 0.193 e. The Morgan fingerprint density at radius 2 is 1.79 bits per heavy atom. The number of aromatic nitrogens is 1. The average Bonchev–Trinajstić information content (AvgIpc) is 2.80. The number of pyridine rings is 1. The standard InChI is InChI=1S/C23H33N5O/c1-24-23(28-17-15-27(16-18-28)22-11-5-6-13-25-22)26-14-7-8-19-29-20-12-21-9-3-2-4-10-21/h2-6,9-11,13H,7-8,12,14-20H2,1H3,(H,24,26). The first-order chi connectivity index (χ1) is 14.4. The number of hydrogen-bond donors (Lipinski definition) is 1. The molecule has 29 heavy (non-hydrogen) atoms. The molecular weight excluding hydrogens is 362 g/mol. The van der Waals surface area contributed by atoms with Crippen LogP contribution in [0.5, 0.6) is 0 Å². The van der Waals surface area contributed by atoms with E-state index in [4.69, 9.17) is 4.74 Å². The summed E-state index contributed by atoms with van der Waals surface area (Å²) >= 11 is 0. The fourth-order valence-corrected chi connectivity index (χ4v) is 3.49. The molecule has 2 heterocycles. The van der Waals surface area contributed by atoms with Crippen LogP contribution in [0.2, 0.25) is 0 Å². The van der Waals surface area contributed by atoms with E-state index in [1.807, 2.05) is 31.4 Å². The molecule has 1 saturated heterocycles. The number of rotatable bonds is 9. The third-order valence-electron chi connectivity index (χ3n) is 5.14. The van der Waals surface area contributed by atoms with Crippen molar-refractivity contribution in [1.29, 1.82) is 0 Å². The minimum Gasteiger partial charge on any atom is -0.381 e. The molecule has 0 saturated carbocycles. The maximum atomic E-state index is 5.76. The minimum absolute atomic E-state index is 0.791. The lowest BCUT2D eigenvalue weighted by molar-refractivity contribution is 0.133. The van der Waals surface area contributed by atoms with Gasteiger partial charge in [-0.25, -0.2) is 4.98 Å². The third-order valence-corrected chi connectivity index (χ3v) is 5.14. The Labute approximate surface area is 174 Å². The summed E-state index contributed by atoms with van der Waals surface area (Å²) in [7, 11) is 1.86. The molecule has 0 unspecified atom stereocenters. The molecule has 2 aromatic rings. The van der Waals surface area contributed by atoms with Gasteiger partial charge < -0.3 is 19.9 Å². The van der Waals surface area contributed by atoms with Crippen LogP contribution in [0, 0.1) is 0 Å². The zero-order chi connectivity index (χ0) is 20.2. The van der Waals surface area contributed by atoms with Crippen molar-refractivity contribution in [3.63, 3.8) is 0 Å². The van der Waals surface area contributed by atoms with Crippen molar-refractivity contribution < 1.29 is 4.74 Å². The van der Waals surface area contributed by atoms with Crippen LogP contribution in [0.1, 0.15) is 18.4 Å². The van der Waals surface area contributed by atoms with Crippen molar-refractivity contribution in [2.75, 3.05) is 57.9 Å². The third kappa shape index (κ3) is 7.06. The number of anilines is 1. The van der Waals surface area contributed by atoms with Crippen molar-refractivity contribution in [2.24, 2.45) is 4.99 Å². The molecule has 0 spiro atoms. The summed E-state index contributed by atoms with van der Waals surface area (Å²) in [5.74, 6) is 2.05. The number of piperazine rings is 1. The van der Waals surface area contributed by atoms with Gasteiger partial charge in [-0.1, -0.05) is 36.4 Å². The highest BCUT2D eigenvalue weighted by Crippen LogP contribution is 2.12. The van der Waals surface area contributed by atoms with Crippen LogP contribution in [0.4, 0.5) is 5.82 Å². The largest absolute Gasteiger partial charge is 0.381 e. The number of unbranched alkanes of at least 4 members (excludes halogenated alkanes) is 1. The van der Waals surface area contributed by atoms with Gasteiger partial charge >= 0.3 is 0 Å². The van der Waals surface area contributed by atoms with Gasteiger partial charge in [0, 0.05) is 52.6 Å². The first-order valence-corrected chi connectivity index (χ1v) is 10.6. The summed E-state index contributed by atoms with van der Waals surface area (Å²) in [6.07, 6.45) is 4.98. The second-order valence-electron chi connectivity index (χ2n) is 7.19. The molecule has 1 aliphatic heterocycles. The minimum atomic E-state index is 0.791. The highest BCUT2D eigenvalue weighted by atomic mass is 16.5. The predicted octanol–water partition coefficient (Wildman–Crippen LogP) is 2.82. The van der Waals surface area contributed by atoms with Gasteiger partial charge in [0.05, 0.1) is 6.61 Å². The van der Waals surface area contributed by atoms with Crippen LogP contribution >= 0.6 is 0 Å². The lowest BCUT2D eigenvalue weighted by atomic mass is 10.2. The van der Waals surface area contributed by atoms with E-state index in [0.29, 0.717) is 0 Å². The van der Waals surface area contributed by atoms with Crippen molar-refractivity contribution in [2.45, 2.75) is 19.3 Å². The van der Waals surface area contributed by atoms with E-state index in [-0.39, 0.29) is 0 Å². The van der Waals surface area contributed by atoms with Gasteiger partial charge in [0.1, 0.15) is 5.82 Å². The zero-order valence-electron chi connectivity index (χ0n) is 17.5. The van der Waals surface area contributed by atoms with Crippen LogP contribution < -0.4 is 10.2 Å². The molecule has 3 rings (SSSR count). The van der Waals surface area contributed by atoms with E-state index in [2.05, 4.69) is 55.4 Å². The Hall–Kier alpha value is -2.60. The number of aliphatic imine (C=N–C) groups is 1. The molecule has 1 fully saturated rings. The van der Waals surface area contributed by atoms with Crippen LogP contribution in [-0.4, -0.2) is 68.8 Å². The Morgan fingerprint density at radius 3 is 2.52 bits per heavy atom. The van der Waals surface area contributed by atoms with Gasteiger partial charge in [0.2, 0.25) is 0 Å². The Bertz CT molecular complexity index is 715. The highest BCUT2D eigenvalue weighted by Gasteiger charge is 2.20. The Morgan fingerprint density at radius 1 is 1.00 bits per heavy atom. The number of hydrogen-bond acceptors (Lipinski definition) is 4. The molecule has 0 aliphatic carbocycles. The lowest BCUT2D eigenvalue weighted by Gasteiger charge is -2.37. The summed E-state index contributed by atoms with van der Waals surface area (Å²) in [5, 5.41) is 3.50. The molecule has 0 bridgehead atoms. The maximum Gasteiger partial charge on any atom is 0.193 e. The number of benzene rings is 1. The summed E-state index contributed by atoms with van der Waals surface area (Å²) < 4.78 is 5.76. The molecule has 1 aromatic carbocycles. The van der Waals surface area contributed by atoms with Crippen molar-refractivity contribution in [3.05, 3.63) is 60.3 Å². The van der Waals surface area contributed by atoms with E-state index in [1.54, 1.807) is 0 Å². The predicted molar refractivity (Wildman–Crippen MR) is 120 cm³/mol. The summed E-state index contributed by atoms with van der Waals surface area (Å²) in [4.78, 5) is 13.6. The van der Waals surface area contributed by atoms with Crippen LogP contribution in [0.3, 0.4) is 0 Å². The van der Waals surface area contributed by atoms with E-state index in [1.165, 1.54) is 5.56 Å². The second-order valence-corrected chi connectivity index (χ2v) is 7.19. The maximum absolute atomic E-state index is 5.76. The van der Waals surface area contributed by atoms with E-state index >= 15 is 0 Å². The molecule has 1 N–H and O–H groups in total. The number of guanidine groups is 1. The lowest BCUT2D eigenvalue weighted by Crippen LogP contribution is -2.52. The fraction of sp³-hybridized carbons (Fsp3) is 0.478. The van der Waals surface area contributed by atoms with Gasteiger partial charge in [-0.15, -0.1) is 0 Å².